The molecule has 12 heteroatoms. The average molecular weight is 569 g/mol. The lowest BCUT2D eigenvalue weighted by Gasteiger charge is -2.31. The summed E-state index contributed by atoms with van der Waals surface area (Å²) < 4.78 is 25.7. The minimum absolute atomic E-state index is 0. The van der Waals surface area contributed by atoms with Crippen molar-refractivity contribution in [2.75, 3.05) is 44.3 Å². The summed E-state index contributed by atoms with van der Waals surface area (Å²) in [6, 6.07) is 11.5. The fourth-order valence-corrected chi connectivity index (χ4v) is 5.34. The zero-order valence-electron chi connectivity index (χ0n) is 21.2. The number of hydrogen-bond acceptors (Lipinski definition) is 8. The van der Waals surface area contributed by atoms with Crippen molar-refractivity contribution < 1.29 is 18.3 Å². The van der Waals surface area contributed by atoms with Gasteiger partial charge in [0.1, 0.15) is 0 Å². The maximum absolute atomic E-state index is 12.9. The molecule has 204 valence electrons. The second-order valence-electron chi connectivity index (χ2n) is 9.19. The van der Waals surface area contributed by atoms with E-state index in [1.54, 1.807) is 54.9 Å². The number of likely N-dealkylation sites (N-methyl/N-ethyl adjacent to an activating group) is 1. The van der Waals surface area contributed by atoms with E-state index in [4.69, 9.17) is 0 Å². The summed E-state index contributed by atoms with van der Waals surface area (Å²) in [6.45, 7) is 3.62. The van der Waals surface area contributed by atoms with Crippen LogP contribution in [0, 0.1) is 0 Å². The molecule has 10 nitrogen and oxygen atoms in total. The number of carbonyl (C=O) groups excluding carboxylic acids is 1. The minimum atomic E-state index is -3.57. The summed E-state index contributed by atoms with van der Waals surface area (Å²) in [7, 11) is -1.51. The normalized spacial score (nSPS) is 14.4. The number of nitrogens with zero attached hydrogens (tertiary/aromatic N) is 4. The Kier molecular flexibility index (Phi) is 8.54. The van der Waals surface area contributed by atoms with Crippen molar-refractivity contribution in [3.8, 4) is 17.1 Å². The number of anilines is 1. The van der Waals surface area contributed by atoms with Crippen molar-refractivity contribution in [1.82, 2.24) is 24.8 Å². The fraction of sp³-hybridized carbons (Fsp3) is 0.222. The molecule has 5 rings (SSSR count). The number of aromatic hydroxyl groups is 1. The summed E-state index contributed by atoms with van der Waals surface area (Å²) >= 11 is 0. The third-order valence-electron chi connectivity index (χ3n) is 6.48. The molecule has 0 saturated carbocycles. The van der Waals surface area contributed by atoms with Crippen LogP contribution >= 0.6 is 12.4 Å². The Hall–Kier alpha value is -3.93. The molecule has 1 saturated heterocycles. The molecule has 3 aromatic heterocycles. The van der Waals surface area contributed by atoms with E-state index in [9.17, 15) is 18.3 Å². The van der Waals surface area contributed by atoms with E-state index in [0.29, 0.717) is 33.4 Å². The smallest absolute Gasteiger partial charge is 0.255 e. The van der Waals surface area contributed by atoms with E-state index < -0.39 is 9.84 Å². The van der Waals surface area contributed by atoms with Gasteiger partial charge in [-0.25, -0.2) is 8.42 Å². The lowest BCUT2D eigenvalue weighted by Crippen LogP contribution is -2.41. The van der Waals surface area contributed by atoms with Crippen LogP contribution in [0.1, 0.15) is 10.4 Å². The molecular formula is C27H29ClN6O4S. The number of pyridine rings is 2. The number of hydrogen-bond donors (Lipinski definition) is 3. The van der Waals surface area contributed by atoms with Crippen LogP contribution in [-0.4, -0.2) is 83.2 Å². The first-order valence-corrected chi connectivity index (χ1v) is 13.8. The number of amides is 1. The largest absolute Gasteiger partial charge is 0.494 e. The van der Waals surface area contributed by atoms with Crippen molar-refractivity contribution in [3.05, 3.63) is 78.9 Å². The molecule has 0 radical (unpaired) electrons. The zero-order chi connectivity index (χ0) is 26.7. The zero-order valence-corrected chi connectivity index (χ0v) is 22.9. The van der Waals surface area contributed by atoms with Gasteiger partial charge in [0.05, 0.1) is 33.8 Å². The maximum atomic E-state index is 12.9. The molecule has 1 aliphatic rings. The van der Waals surface area contributed by atoms with Gasteiger partial charge < -0.3 is 25.2 Å². The third-order valence-corrected chi connectivity index (χ3v) is 8.07. The van der Waals surface area contributed by atoms with Gasteiger partial charge in [0, 0.05) is 55.0 Å². The Morgan fingerprint density at radius 2 is 1.92 bits per heavy atom. The van der Waals surface area contributed by atoms with Gasteiger partial charge in [0.25, 0.3) is 5.91 Å². The highest BCUT2D eigenvalue weighted by Crippen LogP contribution is 2.36. The van der Waals surface area contributed by atoms with Crippen molar-refractivity contribution in [2.24, 2.45) is 0 Å². The first-order valence-electron chi connectivity index (χ1n) is 12.1. The second-order valence-corrected chi connectivity index (χ2v) is 11.2. The molecule has 3 N–H and O–H groups in total. The van der Waals surface area contributed by atoms with Gasteiger partial charge in [0.15, 0.2) is 15.7 Å². The van der Waals surface area contributed by atoms with Crippen LogP contribution in [0.4, 0.5) is 5.69 Å². The molecule has 0 aliphatic carbocycles. The maximum Gasteiger partial charge on any atom is 0.255 e. The van der Waals surface area contributed by atoms with Gasteiger partial charge in [-0.3, -0.25) is 14.8 Å². The Balaban J connectivity index is 0.00000353. The molecule has 0 unspecified atom stereocenters. The SMILES string of the molecule is CN1CCN(C=CCS(=O)(=O)c2ccc(-c3c(O)[nH]c4ccc(C(=O)Nc5cccnc5)cc34)nc2)CC1.Cl. The fourth-order valence-electron chi connectivity index (χ4n) is 4.32. The molecule has 0 spiro atoms. The number of fused-ring (bicyclic) bond motifs is 1. The number of nitrogens with one attached hydrogen (secondary N) is 2. The van der Waals surface area contributed by atoms with Gasteiger partial charge in [-0.05, 0) is 55.7 Å². The molecule has 39 heavy (non-hydrogen) atoms. The van der Waals surface area contributed by atoms with Gasteiger partial charge in [-0.15, -0.1) is 12.4 Å². The monoisotopic (exact) mass is 568 g/mol. The number of carbonyl (C=O) groups is 1. The number of halogens is 1. The van der Waals surface area contributed by atoms with E-state index in [1.165, 1.54) is 12.3 Å². The number of sulfone groups is 1. The lowest BCUT2D eigenvalue weighted by molar-refractivity contribution is 0.102. The van der Waals surface area contributed by atoms with Crippen LogP contribution in [0.5, 0.6) is 5.88 Å². The highest BCUT2D eigenvalue weighted by Gasteiger charge is 2.19. The molecule has 0 bridgehead atoms. The highest BCUT2D eigenvalue weighted by molar-refractivity contribution is 7.91. The van der Waals surface area contributed by atoms with E-state index in [2.05, 4.69) is 37.1 Å². The van der Waals surface area contributed by atoms with Crippen LogP contribution in [-0.2, 0) is 9.84 Å². The van der Waals surface area contributed by atoms with Crippen molar-refractivity contribution in [3.63, 3.8) is 0 Å². The number of aromatic nitrogens is 3. The number of rotatable bonds is 7. The van der Waals surface area contributed by atoms with Crippen LogP contribution in [0.2, 0.25) is 0 Å². The van der Waals surface area contributed by atoms with Crippen LogP contribution < -0.4 is 5.32 Å². The standard InChI is InChI=1S/C27H28N6O4S.ClH/c1-32-11-13-33(14-12-32)10-3-15-38(36,37)21-6-8-24(29-18-21)25-22-16-19(5-7-23(22)31-27(25)35)26(34)30-20-4-2-9-28-17-20;/h2-10,16-18,31,35H,11-15H2,1H3,(H,30,34);1H. The lowest BCUT2D eigenvalue weighted by atomic mass is 10.1. The highest BCUT2D eigenvalue weighted by atomic mass is 35.5. The predicted octanol–water partition coefficient (Wildman–Crippen LogP) is 3.54. The van der Waals surface area contributed by atoms with Crippen LogP contribution in [0.25, 0.3) is 22.2 Å². The predicted molar refractivity (Wildman–Crippen MR) is 153 cm³/mol. The molecule has 4 heterocycles. The summed E-state index contributed by atoms with van der Waals surface area (Å²) in [5, 5.41) is 14.0. The topological polar surface area (TPSA) is 132 Å². The van der Waals surface area contributed by atoms with Gasteiger partial charge in [-0.1, -0.05) is 6.08 Å². The van der Waals surface area contributed by atoms with E-state index in [1.807, 2.05) is 6.20 Å². The Labute approximate surface area is 232 Å². The first kappa shape index (κ1) is 28.1. The Morgan fingerprint density at radius 1 is 1.13 bits per heavy atom. The van der Waals surface area contributed by atoms with Gasteiger partial charge in [0.2, 0.25) is 0 Å². The first-order chi connectivity index (χ1) is 18.3. The van der Waals surface area contributed by atoms with Crippen LogP contribution in [0.3, 0.4) is 0 Å². The molecule has 1 amide bonds. The molecular weight excluding hydrogens is 540 g/mol. The van der Waals surface area contributed by atoms with Crippen molar-refractivity contribution in [2.45, 2.75) is 4.90 Å². The minimum Gasteiger partial charge on any atom is -0.494 e. The van der Waals surface area contributed by atoms with Crippen LogP contribution in [0.15, 0.2) is 78.2 Å². The Bertz CT molecular complexity index is 1580. The molecule has 0 atom stereocenters. The molecule has 1 aliphatic heterocycles. The van der Waals surface area contributed by atoms with E-state index >= 15 is 0 Å². The number of piperazine rings is 1. The molecule has 4 aromatic rings. The number of H-pyrrole nitrogens is 1. The summed E-state index contributed by atoms with van der Waals surface area (Å²) in [6.07, 6.45) is 7.97. The Morgan fingerprint density at radius 3 is 2.62 bits per heavy atom. The van der Waals surface area contributed by atoms with E-state index in [0.717, 1.165) is 26.2 Å². The van der Waals surface area contributed by atoms with E-state index in [-0.39, 0.29) is 34.8 Å². The summed E-state index contributed by atoms with van der Waals surface area (Å²) in [5.74, 6) is -0.581. The van der Waals surface area contributed by atoms with Crippen molar-refractivity contribution >= 4 is 44.7 Å². The summed E-state index contributed by atoms with van der Waals surface area (Å²) in [4.78, 5) is 28.4. The molecule has 1 fully saturated rings. The quantitative estimate of drug-likeness (QED) is 0.308. The molecule has 1 aromatic carbocycles. The summed E-state index contributed by atoms with van der Waals surface area (Å²) in [5.41, 5.74) is 2.32. The van der Waals surface area contributed by atoms with Gasteiger partial charge in [-0.2, -0.15) is 0 Å². The van der Waals surface area contributed by atoms with Gasteiger partial charge >= 0.3 is 0 Å². The number of benzene rings is 1. The van der Waals surface area contributed by atoms with Crippen molar-refractivity contribution in [1.29, 1.82) is 0 Å². The average Bonchev–Trinajstić information content (AvgIpc) is 3.25. The second kappa shape index (κ2) is 11.9. The number of aromatic amines is 1. The third kappa shape index (κ3) is 6.39.